The number of piperidine rings is 1. The number of nitrogens with zero attached hydrogens (tertiary/aromatic N) is 1. The summed E-state index contributed by atoms with van der Waals surface area (Å²) in [4.78, 5) is 25.6. The van der Waals surface area contributed by atoms with Crippen LogP contribution in [0.5, 0.6) is 5.75 Å². The van der Waals surface area contributed by atoms with Gasteiger partial charge >= 0.3 is 5.97 Å². The fourth-order valence-corrected chi connectivity index (χ4v) is 2.51. The van der Waals surface area contributed by atoms with E-state index in [4.69, 9.17) is 4.74 Å². The first-order valence-corrected chi connectivity index (χ1v) is 6.69. The van der Waals surface area contributed by atoms with E-state index in [0.29, 0.717) is 13.1 Å². The lowest BCUT2D eigenvalue weighted by Crippen LogP contribution is -2.42. The maximum atomic E-state index is 12.4. The molecule has 1 N–H and O–H groups in total. The quantitative estimate of drug-likeness (QED) is 0.836. The minimum absolute atomic E-state index is 0.0183. The van der Waals surface area contributed by atoms with Crippen molar-refractivity contribution in [2.24, 2.45) is 5.92 Å². The number of carbonyl (C=O) groups excluding carboxylic acids is 2. The molecule has 1 aliphatic heterocycles. The maximum absolute atomic E-state index is 12.4. The molecule has 0 bridgehead atoms. The summed E-state index contributed by atoms with van der Waals surface area (Å²) in [5.41, 5.74) is 1.17. The largest absolute Gasteiger partial charge is 0.507 e. The number of hydrogen-bond acceptors (Lipinski definition) is 4. The molecule has 1 aliphatic rings. The van der Waals surface area contributed by atoms with E-state index in [1.807, 2.05) is 6.92 Å². The minimum atomic E-state index is -0.282. The van der Waals surface area contributed by atoms with Gasteiger partial charge in [0.15, 0.2) is 0 Å². The molecule has 5 heteroatoms. The first-order valence-electron chi connectivity index (χ1n) is 6.69. The topological polar surface area (TPSA) is 66.8 Å². The number of phenols is 1. The molecule has 1 amide bonds. The first-order chi connectivity index (χ1) is 9.52. The van der Waals surface area contributed by atoms with Gasteiger partial charge in [0.2, 0.25) is 0 Å². The molecule has 0 spiro atoms. The Morgan fingerprint density at radius 1 is 1.40 bits per heavy atom. The number of carbonyl (C=O) groups is 2. The standard InChI is InChI=1S/C15H19NO4/c1-10-5-6-12(13(17)8-10)14(18)16-7-3-4-11(9-16)15(19)20-2/h5-6,8,11,17H,3-4,7,9H2,1-2H3/t11-/m0/s1. The number of rotatable bonds is 2. The minimum Gasteiger partial charge on any atom is -0.507 e. The van der Waals surface area contributed by atoms with Crippen LogP contribution in [0.2, 0.25) is 0 Å². The summed E-state index contributed by atoms with van der Waals surface area (Å²) in [6.07, 6.45) is 1.49. The number of aryl methyl sites for hydroxylation is 1. The molecule has 0 aromatic heterocycles. The van der Waals surface area contributed by atoms with Gasteiger partial charge in [-0.2, -0.15) is 0 Å². The lowest BCUT2D eigenvalue weighted by molar-refractivity contribution is -0.146. The summed E-state index contributed by atoms with van der Waals surface area (Å²) in [6.45, 7) is 2.79. The number of benzene rings is 1. The van der Waals surface area contributed by atoms with Gasteiger partial charge in [-0.25, -0.2) is 0 Å². The molecule has 2 rings (SSSR count). The fourth-order valence-electron chi connectivity index (χ4n) is 2.51. The highest BCUT2D eigenvalue weighted by atomic mass is 16.5. The van der Waals surface area contributed by atoms with Gasteiger partial charge in [0, 0.05) is 13.1 Å². The third kappa shape index (κ3) is 2.92. The molecule has 1 atom stereocenters. The summed E-state index contributed by atoms with van der Waals surface area (Å²) >= 11 is 0. The lowest BCUT2D eigenvalue weighted by atomic mass is 9.97. The summed E-state index contributed by atoms with van der Waals surface area (Å²) in [6, 6.07) is 4.97. The summed E-state index contributed by atoms with van der Waals surface area (Å²) in [5, 5.41) is 9.87. The Hall–Kier alpha value is -2.04. The maximum Gasteiger partial charge on any atom is 0.310 e. The molecule has 0 aliphatic carbocycles. The number of phenolic OH excluding ortho intramolecular Hbond substituents is 1. The zero-order chi connectivity index (χ0) is 14.7. The van der Waals surface area contributed by atoms with Crippen LogP contribution in [0.1, 0.15) is 28.8 Å². The van der Waals surface area contributed by atoms with E-state index in [1.54, 1.807) is 23.1 Å². The predicted octanol–water partition coefficient (Wildman–Crippen LogP) is 1.73. The highest BCUT2D eigenvalue weighted by Crippen LogP contribution is 2.24. The number of methoxy groups -OCH3 is 1. The predicted molar refractivity (Wildman–Crippen MR) is 73.5 cm³/mol. The molecule has 20 heavy (non-hydrogen) atoms. The van der Waals surface area contributed by atoms with E-state index in [2.05, 4.69) is 0 Å². The Morgan fingerprint density at radius 2 is 2.15 bits per heavy atom. The van der Waals surface area contributed by atoms with Crippen molar-refractivity contribution in [2.45, 2.75) is 19.8 Å². The van der Waals surface area contributed by atoms with Crippen LogP contribution in [0.15, 0.2) is 18.2 Å². The second kappa shape index (κ2) is 5.94. The van der Waals surface area contributed by atoms with Gasteiger partial charge in [-0.05, 0) is 37.5 Å². The van der Waals surface area contributed by atoms with Crippen molar-refractivity contribution in [1.82, 2.24) is 4.90 Å². The van der Waals surface area contributed by atoms with E-state index in [0.717, 1.165) is 18.4 Å². The van der Waals surface area contributed by atoms with Crippen LogP contribution in [-0.4, -0.2) is 42.1 Å². The van der Waals surface area contributed by atoms with Crippen LogP contribution in [0.3, 0.4) is 0 Å². The van der Waals surface area contributed by atoms with E-state index in [-0.39, 0.29) is 29.1 Å². The third-order valence-corrected chi connectivity index (χ3v) is 3.63. The Balaban J connectivity index is 2.14. The number of ether oxygens (including phenoxy) is 1. The Labute approximate surface area is 118 Å². The van der Waals surface area contributed by atoms with Crippen LogP contribution in [0.25, 0.3) is 0 Å². The van der Waals surface area contributed by atoms with Crippen LogP contribution in [-0.2, 0) is 9.53 Å². The van der Waals surface area contributed by atoms with Gasteiger partial charge in [0.05, 0.1) is 18.6 Å². The molecule has 1 aromatic carbocycles. The summed E-state index contributed by atoms with van der Waals surface area (Å²) in [5.74, 6) is -0.813. The molecular formula is C15H19NO4. The molecule has 0 unspecified atom stereocenters. The number of amides is 1. The Morgan fingerprint density at radius 3 is 2.80 bits per heavy atom. The van der Waals surface area contributed by atoms with Crippen molar-refractivity contribution in [3.63, 3.8) is 0 Å². The molecule has 1 heterocycles. The monoisotopic (exact) mass is 277 g/mol. The molecule has 5 nitrogen and oxygen atoms in total. The smallest absolute Gasteiger partial charge is 0.310 e. The lowest BCUT2D eigenvalue weighted by Gasteiger charge is -2.31. The normalized spacial score (nSPS) is 18.7. The number of hydrogen-bond donors (Lipinski definition) is 1. The van der Waals surface area contributed by atoms with Crippen molar-refractivity contribution in [3.8, 4) is 5.75 Å². The van der Waals surface area contributed by atoms with E-state index in [9.17, 15) is 14.7 Å². The first kappa shape index (κ1) is 14.4. The summed E-state index contributed by atoms with van der Waals surface area (Å²) in [7, 11) is 1.36. The number of aromatic hydroxyl groups is 1. The van der Waals surface area contributed by atoms with Gasteiger partial charge in [-0.3, -0.25) is 9.59 Å². The molecule has 0 saturated carbocycles. The zero-order valence-corrected chi connectivity index (χ0v) is 11.8. The van der Waals surface area contributed by atoms with Crippen molar-refractivity contribution < 1.29 is 19.4 Å². The van der Waals surface area contributed by atoms with Crippen LogP contribution < -0.4 is 0 Å². The second-order valence-corrected chi connectivity index (χ2v) is 5.13. The average Bonchev–Trinajstić information content (AvgIpc) is 2.46. The molecule has 1 fully saturated rings. The Bertz CT molecular complexity index is 527. The van der Waals surface area contributed by atoms with E-state index in [1.165, 1.54) is 7.11 Å². The molecule has 108 valence electrons. The van der Waals surface area contributed by atoms with Gasteiger partial charge in [0.25, 0.3) is 5.91 Å². The van der Waals surface area contributed by atoms with Crippen molar-refractivity contribution in [1.29, 1.82) is 0 Å². The van der Waals surface area contributed by atoms with Crippen LogP contribution in [0.4, 0.5) is 0 Å². The van der Waals surface area contributed by atoms with Crippen molar-refractivity contribution in [3.05, 3.63) is 29.3 Å². The fraction of sp³-hybridized carbons (Fsp3) is 0.467. The highest BCUT2D eigenvalue weighted by molar-refractivity contribution is 5.97. The third-order valence-electron chi connectivity index (χ3n) is 3.63. The average molecular weight is 277 g/mol. The van der Waals surface area contributed by atoms with Gasteiger partial charge < -0.3 is 14.7 Å². The van der Waals surface area contributed by atoms with E-state index < -0.39 is 0 Å². The molecular weight excluding hydrogens is 258 g/mol. The zero-order valence-electron chi connectivity index (χ0n) is 11.8. The second-order valence-electron chi connectivity index (χ2n) is 5.13. The Kier molecular flexibility index (Phi) is 4.27. The van der Waals surface area contributed by atoms with Crippen LogP contribution in [0, 0.1) is 12.8 Å². The number of likely N-dealkylation sites (tertiary alicyclic amines) is 1. The highest BCUT2D eigenvalue weighted by Gasteiger charge is 2.30. The number of esters is 1. The van der Waals surface area contributed by atoms with Crippen molar-refractivity contribution in [2.75, 3.05) is 20.2 Å². The van der Waals surface area contributed by atoms with Gasteiger partial charge in [0.1, 0.15) is 5.75 Å². The van der Waals surface area contributed by atoms with Gasteiger partial charge in [-0.15, -0.1) is 0 Å². The molecule has 1 saturated heterocycles. The van der Waals surface area contributed by atoms with Gasteiger partial charge in [-0.1, -0.05) is 6.07 Å². The summed E-state index contributed by atoms with van der Waals surface area (Å²) < 4.78 is 4.74. The van der Waals surface area contributed by atoms with Crippen LogP contribution >= 0.6 is 0 Å². The van der Waals surface area contributed by atoms with Crippen molar-refractivity contribution >= 4 is 11.9 Å². The van der Waals surface area contributed by atoms with E-state index >= 15 is 0 Å². The SMILES string of the molecule is COC(=O)[C@H]1CCCN(C(=O)c2ccc(C)cc2O)C1. The molecule has 1 aromatic rings. The molecule has 0 radical (unpaired) electrons.